The zero-order valence-electron chi connectivity index (χ0n) is 8.83. The summed E-state index contributed by atoms with van der Waals surface area (Å²) in [6, 6.07) is 7.90. The molecule has 0 saturated carbocycles. The quantitative estimate of drug-likeness (QED) is 0.562. The molecule has 3 heteroatoms. The molecule has 1 rings (SSSR count). The predicted molar refractivity (Wildman–Crippen MR) is 57.1 cm³/mol. The molecule has 0 bridgehead atoms. The average Bonchev–Trinajstić information content (AvgIpc) is 2.03. The Labute approximate surface area is 101 Å². The van der Waals surface area contributed by atoms with Gasteiger partial charge in [0, 0.05) is 0 Å². The van der Waals surface area contributed by atoms with Crippen molar-refractivity contribution in [3.63, 3.8) is 0 Å². The zero-order chi connectivity index (χ0) is 10.1. The Bertz CT molecular complexity index is 311. The van der Waals surface area contributed by atoms with Gasteiger partial charge >= 0.3 is 89.1 Å². The van der Waals surface area contributed by atoms with Crippen molar-refractivity contribution in [3.05, 3.63) is 29.8 Å². The largest absolute Gasteiger partial charge is 0.147 e. The summed E-state index contributed by atoms with van der Waals surface area (Å²) in [5.74, 6) is 0.215. The summed E-state index contributed by atoms with van der Waals surface area (Å²) in [6.45, 7) is 5.84. The fraction of sp³-hybridized carbons (Fsp3) is 0.364. The molecule has 0 saturated heterocycles. The summed E-state index contributed by atoms with van der Waals surface area (Å²) in [5, 5.41) is 0. The maximum Gasteiger partial charge on any atom is -0.147 e. The van der Waals surface area contributed by atoms with Crippen molar-refractivity contribution >= 4 is 22.3 Å². The van der Waals surface area contributed by atoms with Crippen molar-refractivity contribution in [1.29, 1.82) is 0 Å². The Morgan fingerprint density at radius 1 is 1.14 bits per heavy atom. The van der Waals surface area contributed by atoms with Gasteiger partial charge in [0.25, 0.3) is 0 Å². The molecule has 0 fully saturated rings. The molecule has 73 valence electrons. The van der Waals surface area contributed by atoms with E-state index in [1.807, 2.05) is 45.0 Å². The number of hydrogen-bond acceptors (Lipinski definition) is 1. The fourth-order valence-corrected chi connectivity index (χ4v) is 1.58. The Morgan fingerprint density at radius 2 is 1.57 bits per heavy atom. The monoisotopic (exact) mass is 261 g/mol. The van der Waals surface area contributed by atoms with Gasteiger partial charge in [-0.3, -0.25) is 0 Å². The summed E-state index contributed by atoms with van der Waals surface area (Å²) >= 11 is 1.14. The number of carbonyl (C=O) groups excluding carboxylic acids is 1. The molecular weight excluding hydrogens is 249 g/mol. The number of hydrogen-bond donors (Lipinski definition) is 0. The molecule has 1 nitrogen and oxygen atoms in total. The van der Waals surface area contributed by atoms with Crippen LogP contribution >= 0.6 is 12.4 Å². The summed E-state index contributed by atoms with van der Waals surface area (Å²) < 4.78 is 1.31. The van der Waals surface area contributed by atoms with E-state index in [4.69, 9.17) is 0 Å². The van der Waals surface area contributed by atoms with Crippen LogP contribution in [-0.4, -0.2) is 5.78 Å². The molecule has 0 heterocycles. The molecule has 0 aromatic heterocycles. The molecule has 14 heavy (non-hydrogen) atoms. The number of ketones is 1. The van der Waals surface area contributed by atoms with Crippen molar-refractivity contribution in [2.75, 3.05) is 0 Å². The first-order chi connectivity index (χ1) is 5.91. The second-order valence-electron chi connectivity index (χ2n) is 4.28. The minimum atomic E-state index is -0.272. The maximum absolute atomic E-state index is 11.8. The molecule has 0 amide bonds. The Balaban J connectivity index is 0.00000169. The van der Waals surface area contributed by atoms with Gasteiger partial charge in [0.2, 0.25) is 0 Å². The van der Waals surface area contributed by atoms with Gasteiger partial charge in [-0.25, -0.2) is 0 Å². The van der Waals surface area contributed by atoms with E-state index in [9.17, 15) is 4.79 Å². The Hall–Kier alpha value is -0.197. The number of carbonyl (C=O) groups is 1. The van der Waals surface area contributed by atoms with E-state index in [0.29, 0.717) is 0 Å². The molecule has 0 aliphatic carbocycles. The standard InChI is InChI=1S/C11H13O.ClH.Zn/c1-11(2,3)10(12)9-7-5-4-6-8-9;;/h5-8H,1-3H3;1H;. The van der Waals surface area contributed by atoms with Gasteiger partial charge in [-0.05, 0) is 0 Å². The van der Waals surface area contributed by atoms with E-state index in [2.05, 4.69) is 0 Å². The fourth-order valence-electron chi connectivity index (χ4n) is 1.09. The van der Waals surface area contributed by atoms with E-state index < -0.39 is 0 Å². The molecule has 0 N–H and O–H groups in total. The Morgan fingerprint density at radius 3 is 1.93 bits per heavy atom. The van der Waals surface area contributed by atoms with E-state index in [1.165, 1.54) is 4.16 Å². The number of benzene rings is 1. The van der Waals surface area contributed by atoms with Crippen LogP contribution in [0.15, 0.2) is 24.3 Å². The molecule has 0 spiro atoms. The van der Waals surface area contributed by atoms with Crippen LogP contribution in [0.25, 0.3) is 0 Å². The minimum Gasteiger partial charge on any atom is -0.147 e. The molecule has 0 atom stereocenters. The average molecular weight is 263 g/mol. The van der Waals surface area contributed by atoms with E-state index >= 15 is 0 Å². The van der Waals surface area contributed by atoms with Crippen LogP contribution in [0.5, 0.6) is 0 Å². The van der Waals surface area contributed by atoms with Gasteiger partial charge in [0.05, 0.1) is 0 Å². The maximum atomic E-state index is 11.8. The van der Waals surface area contributed by atoms with Crippen LogP contribution in [0.3, 0.4) is 0 Å². The van der Waals surface area contributed by atoms with Gasteiger partial charge in [-0.1, -0.05) is 0 Å². The van der Waals surface area contributed by atoms with Gasteiger partial charge < -0.3 is 0 Å². The van der Waals surface area contributed by atoms with Gasteiger partial charge in [-0.15, -0.1) is 12.4 Å². The first-order valence-electron chi connectivity index (χ1n) is 4.38. The molecular formula is C11H14ClOZn. The minimum absolute atomic E-state index is 0. The SMILES string of the molecule is CC(C)(C)C(=O)c1cc[c]([Zn])cc1.Cl. The molecule has 1 aromatic rings. The normalized spacial score (nSPS) is 10.6. The van der Waals surface area contributed by atoms with Crippen LogP contribution < -0.4 is 4.16 Å². The van der Waals surface area contributed by atoms with Gasteiger partial charge in [-0.2, -0.15) is 0 Å². The van der Waals surface area contributed by atoms with Crippen molar-refractivity contribution < 1.29 is 23.1 Å². The van der Waals surface area contributed by atoms with E-state index in [-0.39, 0.29) is 23.6 Å². The van der Waals surface area contributed by atoms with Crippen molar-refractivity contribution in [3.8, 4) is 0 Å². The summed E-state index contributed by atoms with van der Waals surface area (Å²) in [7, 11) is 0. The van der Waals surface area contributed by atoms with E-state index in [1.54, 1.807) is 0 Å². The second kappa shape index (κ2) is 5.05. The van der Waals surface area contributed by atoms with Gasteiger partial charge in [0.1, 0.15) is 0 Å². The summed E-state index contributed by atoms with van der Waals surface area (Å²) in [4.78, 5) is 11.8. The van der Waals surface area contributed by atoms with Crippen molar-refractivity contribution in [1.82, 2.24) is 0 Å². The smallest absolute Gasteiger partial charge is 0.147 e. The summed E-state index contributed by atoms with van der Waals surface area (Å²) in [5.41, 5.74) is 0.552. The molecule has 0 aliphatic rings. The first kappa shape index (κ1) is 13.8. The number of rotatable bonds is 1. The van der Waals surface area contributed by atoms with Crippen molar-refractivity contribution in [2.24, 2.45) is 5.41 Å². The van der Waals surface area contributed by atoms with Crippen LogP contribution in [0, 0.1) is 5.41 Å². The van der Waals surface area contributed by atoms with Crippen LogP contribution in [0.2, 0.25) is 0 Å². The van der Waals surface area contributed by atoms with Crippen LogP contribution in [-0.2, 0) is 18.3 Å². The third-order valence-electron chi connectivity index (χ3n) is 1.90. The summed E-state index contributed by atoms with van der Waals surface area (Å²) in [6.07, 6.45) is 0. The predicted octanol–water partition coefficient (Wildman–Crippen LogP) is 2.51. The topological polar surface area (TPSA) is 17.1 Å². The Kier molecular flexibility index (Phi) is 4.97. The van der Waals surface area contributed by atoms with Gasteiger partial charge in [0.15, 0.2) is 0 Å². The molecule has 0 unspecified atom stereocenters. The first-order valence-corrected chi connectivity index (χ1v) is 5.86. The second-order valence-corrected chi connectivity index (χ2v) is 5.99. The third-order valence-corrected chi connectivity index (χ3v) is 2.89. The van der Waals surface area contributed by atoms with Crippen LogP contribution in [0.4, 0.5) is 0 Å². The zero-order valence-corrected chi connectivity index (χ0v) is 12.6. The van der Waals surface area contributed by atoms with Crippen LogP contribution in [0.1, 0.15) is 31.1 Å². The molecule has 1 aromatic carbocycles. The van der Waals surface area contributed by atoms with E-state index in [0.717, 1.165) is 23.9 Å². The molecule has 0 radical (unpaired) electrons. The number of halogens is 1. The molecule has 0 aliphatic heterocycles. The third kappa shape index (κ3) is 3.51. The van der Waals surface area contributed by atoms with Crippen molar-refractivity contribution in [2.45, 2.75) is 20.8 Å². The number of Topliss-reactive ketones (excluding diaryl/α,β-unsaturated/α-hetero) is 1.